The molecule has 6 nitrogen and oxygen atoms in total. The van der Waals surface area contributed by atoms with Gasteiger partial charge in [0.1, 0.15) is 10.7 Å². The van der Waals surface area contributed by atoms with E-state index in [0.29, 0.717) is 31.8 Å². The molecule has 1 heterocycles. The molecule has 0 spiro atoms. The number of para-hydroxylation sites is 1. The highest BCUT2D eigenvalue weighted by Gasteiger charge is 2.18. The lowest BCUT2D eigenvalue weighted by Gasteiger charge is -2.10. The minimum Gasteiger partial charge on any atom is -0.493 e. The van der Waals surface area contributed by atoms with Crippen LogP contribution in [0.1, 0.15) is 9.67 Å². The first-order chi connectivity index (χ1) is 12.5. The van der Waals surface area contributed by atoms with Gasteiger partial charge in [0.25, 0.3) is 5.91 Å². The number of carbonyl (C=O) groups excluding carboxylic acids is 1. The molecule has 3 N–H and O–H groups in total. The third-order valence-corrected chi connectivity index (χ3v) is 5.10. The molecular weight excluding hydrogens is 370 g/mol. The molecule has 1 aromatic heterocycles. The summed E-state index contributed by atoms with van der Waals surface area (Å²) in [6.45, 7) is 0. The van der Waals surface area contributed by atoms with Crippen molar-refractivity contribution in [3.05, 3.63) is 57.4 Å². The van der Waals surface area contributed by atoms with Gasteiger partial charge in [-0.15, -0.1) is 0 Å². The number of nitrogens with one attached hydrogen (secondary N) is 1. The maximum absolute atomic E-state index is 12.7. The Balaban J connectivity index is 1.91. The molecule has 3 aromatic rings. The van der Waals surface area contributed by atoms with Crippen molar-refractivity contribution in [1.82, 2.24) is 4.57 Å². The van der Waals surface area contributed by atoms with Gasteiger partial charge in [-0.2, -0.15) is 0 Å². The van der Waals surface area contributed by atoms with Crippen LogP contribution in [0, 0.1) is 3.95 Å². The Bertz CT molecular complexity index is 997. The predicted molar refractivity (Wildman–Crippen MR) is 106 cm³/mol. The van der Waals surface area contributed by atoms with Crippen LogP contribution >= 0.6 is 23.6 Å². The number of amides is 1. The van der Waals surface area contributed by atoms with Crippen LogP contribution in [0.2, 0.25) is 0 Å². The molecule has 0 unspecified atom stereocenters. The summed E-state index contributed by atoms with van der Waals surface area (Å²) >= 11 is 6.55. The van der Waals surface area contributed by atoms with Crippen molar-refractivity contribution in [3.8, 4) is 17.2 Å². The molecule has 8 heteroatoms. The van der Waals surface area contributed by atoms with Gasteiger partial charge in [0.15, 0.2) is 15.5 Å². The van der Waals surface area contributed by atoms with E-state index in [1.54, 1.807) is 29.9 Å². The van der Waals surface area contributed by atoms with Gasteiger partial charge >= 0.3 is 0 Å². The second-order valence-electron chi connectivity index (χ2n) is 5.28. The molecule has 0 fully saturated rings. The first kappa shape index (κ1) is 18.0. The number of carbonyl (C=O) groups is 1. The molecule has 0 aliphatic carbocycles. The summed E-state index contributed by atoms with van der Waals surface area (Å²) in [7, 11) is 3.09. The molecule has 134 valence electrons. The van der Waals surface area contributed by atoms with Crippen LogP contribution in [0.15, 0.2) is 48.5 Å². The SMILES string of the molecule is COc1ccc(NC(=O)c2sc(=S)n(-c3ccccc3)c2N)cc1OC. The van der Waals surface area contributed by atoms with Crippen molar-refractivity contribution in [2.45, 2.75) is 0 Å². The molecule has 0 saturated carbocycles. The largest absolute Gasteiger partial charge is 0.493 e. The Hall–Kier alpha value is -2.84. The molecule has 0 saturated heterocycles. The molecule has 26 heavy (non-hydrogen) atoms. The molecule has 1 amide bonds. The van der Waals surface area contributed by atoms with Crippen LogP contribution in [-0.2, 0) is 0 Å². The molecule has 2 aromatic carbocycles. The van der Waals surface area contributed by atoms with Crippen LogP contribution in [-0.4, -0.2) is 24.7 Å². The predicted octanol–water partition coefficient (Wildman–Crippen LogP) is 4.12. The van der Waals surface area contributed by atoms with Crippen molar-refractivity contribution in [2.24, 2.45) is 0 Å². The molecule has 0 aliphatic heterocycles. The van der Waals surface area contributed by atoms with E-state index in [1.165, 1.54) is 18.4 Å². The number of hydrogen-bond donors (Lipinski definition) is 2. The number of ether oxygens (including phenoxy) is 2. The van der Waals surface area contributed by atoms with Crippen LogP contribution in [0.4, 0.5) is 11.5 Å². The van der Waals surface area contributed by atoms with E-state index in [0.717, 1.165) is 5.69 Å². The zero-order chi connectivity index (χ0) is 18.7. The first-order valence-electron chi connectivity index (χ1n) is 7.65. The van der Waals surface area contributed by atoms with Gasteiger partial charge in [-0.3, -0.25) is 9.36 Å². The fourth-order valence-electron chi connectivity index (χ4n) is 2.47. The Morgan fingerprint density at radius 1 is 1.12 bits per heavy atom. The zero-order valence-corrected chi connectivity index (χ0v) is 15.8. The van der Waals surface area contributed by atoms with Gasteiger partial charge in [-0.1, -0.05) is 29.5 Å². The van der Waals surface area contributed by atoms with E-state index in [4.69, 9.17) is 27.4 Å². The summed E-state index contributed by atoms with van der Waals surface area (Å²) in [5, 5.41) is 2.81. The zero-order valence-electron chi connectivity index (χ0n) is 14.2. The third-order valence-electron chi connectivity index (χ3n) is 3.71. The molecule has 0 aliphatic rings. The van der Waals surface area contributed by atoms with Gasteiger partial charge in [0.05, 0.1) is 14.2 Å². The van der Waals surface area contributed by atoms with E-state index in [1.807, 2.05) is 30.3 Å². The number of rotatable bonds is 5. The normalized spacial score (nSPS) is 10.4. The van der Waals surface area contributed by atoms with Crippen molar-refractivity contribution in [3.63, 3.8) is 0 Å². The monoisotopic (exact) mass is 387 g/mol. The molecule has 0 radical (unpaired) electrons. The number of aromatic nitrogens is 1. The summed E-state index contributed by atoms with van der Waals surface area (Å²) in [5.74, 6) is 1.08. The maximum Gasteiger partial charge on any atom is 0.269 e. The Kier molecular flexibility index (Phi) is 5.24. The van der Waals surface area contributed by atoms with Crippen molar-refractivity contribution in [1.29, 1.82) is 0 Å². The molecule has 0 bridgehead atoms. The average Bonchev–Trinajstić information content (AvgIpc) is 2.96. The van der Waals surface area contributed by atoms with Crippen LogP contribution < -0.4 is 20.5 Å². The van der Waals surface area contributed by atoms with Crippen molar-refractivity contribution in [2.75, 3.05) is 25.3 Å². The van der Waals surface area contributed by atoms with E-state index in [2.05, 4.69) is 5.32 Å². The topological polar surface area (TPSA) is 78.5 Å². The third kappa shape index (κ3) is 3.42. The van der Waals surface area contributed by atoms with E-state index >= 15 is 0 Å². The summed E-state index contributed by atoms with van der Waals surface area (Å²) in [4.78, 5) is 13.0. The van der Waals surface area contributed by atoms with Gasteiger partial charge in [-0.05, 0) is 36.5 Å². The standard InChI is InChI=1S/C18H17N3O3S2/c1-23-13-9-8-11(10-14(13)24-2)20-17(22)15-16(19)21(18(25)26-15)12-6-4-3-5-7-12/h3-10H,19H2,1-2H3,(H,20,22). The molecular formula is C18H17N3O3S2. The number of nitrogens with two attached hydrogens (primary N) is 1. The van der Waals surface area contributed by atoms with E-state index in [9.17, 15) is 4.79 Å². The number of thiazole rings is 1. The fraction of sp³-hybridized carbons (Fsp3) is 0.111. The van der Waals surface area contributed by atoms with Gasteiger partial charge < -0.3 is 20.5 Å². The number of anilines is 2. The van der Waals surface area contributed by atoms with Gasteiger partial charge in [0.2, 0.25) is 0 Å². The minimum atomic E-state index is -0.333. The summed E-state index contributed by atoms with van der Waals surface area (Å²) in [6.07, 6.45) is 0. The van der Waals surface area contributed by atoms with Gasteiger partial charge in [0, 0.05) is 17.4 Å². The molecule has 3 rings (SSSR count). The second kappa shape index (κ2) is 7.59. The van der Waals surface area contributed by atoms with Crippen LogP contribution in [0.3, 0.4) is 0 Å². The lowest BCUT2D eigenvalue weighted by molar-refractivity contribution is 0.103. The van der Waals surface area contributed by atoms with Gasteiger partial charge in [-0.25, -0.2) is 0 Å². The summed E-state index contributed by atoms with van der Waals surface area (Å²) < 4.78 is 12.6. The smallest absolute Gasteiger partial charge is 0.269 e. The fourth-order valence-corrected chi connectivity index (χ4v) is 3.73. The summed E-state index contributed by atoms with van der Waals surface area (Å²) in [5.41, 5.74) is 7.58. The summed E-state index contributed by atoms with van der Waals surface area (Å²) in [6, 6.07) is 14.6. The minimum absolute atomic E-state index is 0.309. The van der Waals surface area contributed by atoms with E-state index < -0.39 is 0 Å². The number of methoxy groups -OCH3 is 2. The number of benzene rings is 2. The average molecular weight is 387 g/mol. The highest BCUT2D eigenvalue weighted by molar-refractivity contribution is 7.73. The first-order valence-corrected chi connectivity index (χ1v) is 8.87. The van der Waals surface area contributed by atoms with Crippen molar-refractivity contribution < 1.29 is 14.3 Å². The maximum atomic E-state index is 12.7. The van der Waals surface area contributed by atoms with E-state index in [-0.39, 0.29) is 5.91 Å². The lowest BCUT2D eigenvalue weighted by atomic mass is 10.2. The Morgan fingerprint density at radius 2 is 1.81 bits per heavy atom. The number of nitrogen functional groups attached to an aromatic ring is 1. The second-order valence-corrected chi connectivity index (χ2v) is 6.92. The van der Waals surface area contributed by atoms with Crippen molar-refractivity contribution >= 4 is 41.0 Å². The molecule has 0 atom stereocenters. The Morgan fingerprint density at radius 3 is 2.46 bits per heavy atom. The number of nitrogens with zero attached hydrogens (tertiary/aromatic N) is 1. The lowest BCUT2D eigenvalue weighted by Crippen LogP contribution is -2.13. The number of hydrogen-bond acceptors (Lipinski definition) is 6. The van der Waals surface area contributed by atoms with Crippen LogP contribution in [0.5, 0.6) is 11.5 Å². The quantitative estimate of drug-likeness (QED) is 0.644. The Labute approximate surface area is 159 Å². The highest BCUT2D eigenvalue weighted by atomic mass is 32.1. The van der Waals surface area contributed by atoms with Crippen LogP contribution in [0.25, 0.3) is 5.69 Å². The highest BCUT2D eigenvalue weighted by Crippen LogP contribution is 2.31.